The van der Waals surface area contributed by atoms with E-state index in [9.17, 15) is 22.8 Å². The van der Waals surface area contributed by atoms with Crippen molar-refractivity contribution in [2.75, 3.05) is 18.4 Å². The molecule has 4 nitrogen and oxygen atoms in total. The summed E-state index contributed by atoms with van der Waals surface area (Å²) in [6, 6.07) is 8.07. The van der Waals surface area contributed by atoms with Crippen LogP contribution in [0.4, 0.5) is 18.9 Å². The summed E-state index contributed by atoms with van der Waals surface area (Å²) >= 11 is 1.42. The third-order valence-electron chi connectivity index (χ3n) is 4.81. The van der Waals surface area contributed by atoms with Gasteiger partial charge in [-0.15, -0.1) is 11.3 Å². The van der Waals surface area contributed by atoms with Crippen LogP contribution in [-0.4, -0.2) is 29.8 Å². The first-order valence-corrected chi connectivity index (χ1v) is 10.0. The second kappa shape index (κ2) is 8.77. The number of thiophene rings is 1. The number of anilines is 1. The first kappa shape index (κ1) is 20.4. The Morgan fingerprint density at radius 1 is 1.18 bits per heavy atom. The van der Waals surface area contributed by atoms with E-state index < -0.39 is 11.7 Å². The van der Waals surface area contributed by atoms with Crippen LogP contribution in [0.25, 0.3) is 0 Å². The van der Waals surface area contributed by atoms with E-state index in [1.54, 1.807) is 0 Å². The van der Waals surface area contributed by atoms with Gasteiger partial charge in [-0.05, 0) is 60.9 Å². The molecule has 0 saturated carbocycles. The lowest BCUT2D eigenvalue weighted by Gasteiger charge is -2.32. The molecule has 0 aliphatic carbocycles. The van der Waals surface area contributed by atoms with Crippen LogP contribution in [0.3, 0.4) is 0 Å². The zero-order valence-corrected chi connectivity index (χ0v) is 16.0. The summed E-state index contributed by atoms with van der Waals surface area (Å²) in [6.07, 6.45) is -1.62. The molecule has 0 spiro atoms. The Hall–Kier alpha value is -2.35. The van der Waals surface area contributed by atoms with Crippen molar-refractivity contribution in [3.63, 3.8) is 0 Å². The molecule has 1 N–H and O–H groups in total. The van der Waals surface area contributed by atoms with Gasteiger partial charge in [0.15, 0.2) is 0 Å². The van der Waals surface area contributed by atoms with Crippen LogP contribution in [-0.2, 0) is 11.0 Å². The lowest BCUT2D eigenvalue weighted by molar-refractivity contribution is -0.137. The number of hydrogen-bond acceptors (Lipinski definition) is 3. The predicted molar refractivity (Wildman–Crippen MR) is 102 cm³/mol. The minimum Gasteiger partial charge on any atom is -0.338 e. The van der Waals surface area contributed by atoms with Crippen molar-refractivity contribution < 1.29 is 22.8 Å². The Kier molecular flexibility index (Phi) is 6.39. The Labute approximate surface area is 165 Å². The Balaban J connectivity index is 1.47. The van der Waals surface area contributed by atoms with E-state index >= 15 is 0 Å². The molecule has 1 aromatic heterocycles. The predicted octanol–water partition coefficient (Wildman–Crippen LogP) is 5.04. The van der Waals surface area contributed by atoms with Gasteiger partial charge in [-0.2, -0.15) is 13.2 Å². The molecule has 1 aromatic carbocycles. The molecular weight excluding hydrogens is 389 g/mol. The lowest BCUT2D eigenvalue weighted by atomic mass is 9.93. The van der Waals surface area contributed by atoms with Gasteiger partial charge < -0.3 is 10.2 Å². The Morgan fingerprint density at radius 3 is 2.57 bits per heavy atom. The van der Waals surface area contributed by atoms with Crippen LogP contribution < -0.4 is 5.32 Å². The maximum atomic E-state index is 12.6. The summed E-state index contributed by atoms with van der Waals surface area (Å²) in [6.45, 7) is 1.36. The quantitative estimate of drug-likeness (QED) is 0.751. The highest BCUT2D eigenvalue weighted by Crippen LogP contribution is 2.30. The van der Waals surface area contributed by atoms with Gasteiger partial charge in [0.2, 0.25) is 5.91 Å². The van der Waals surface area contributed by atoms with Crippen LogP contribution in [0.2, 0.25) is 0 Å². The Morgan fingerprint density at radius 2 is 1.93 bits per heavy atom. The standard InChI is InChI=1S/C20H21F3N2O2S/c21-20(22,23)15-6-8-16(9-7-15)24-18(26)10-5-14-3-1-11-25(13-14)19(27)17-4-2-12-28-17/h2,4,6-9,12,14H,1,3,5,10-11,13H2,(H,24,26). The van der Waals surface area contributed by atoms with E-state index in [-0.39, 0.29) is 24.2 Å². The highest BCUT2D eigenvalue weighted by Gasteiger charge is 2.30. The normalized spacial score (nSPS) is 17.4. The summed E-state index contributed by atoms with van der Waals surface area (Å²) in [5, 5.41) is 4.51. The molecule has 150 valence electrons. The number of amides is 2. The van der Waals surface area contributed by atoms with Crippen LogP contribution in [0, 0.1) is 5.92 Å². The first-order valence-electron chi connectivity index (χ1n) is 9.13. The zero-order valence-electron chi connectivity index (χ0n) is 15.2. The molecule has 1 saturated heterocycles. The molecule has 0 radical (unpaired) electrons. The van der Waals surface area contributed by atoms with Crippen LogP contribution >= 0.6 is 11.3 Å². The van der Waals surface area contributed by atoms with Gasteiger partial charge in [0.25, 0.3) is 5.91 Å². The molecule has 3 rings (SSSR count). The van der Waals surface area contributed by atoms with Crippen molar-refractivity contribution in [2.45, 2.75) is 31.9 Å². The minimum absolute atomic E-state index is 0.0360. The van der Waals surface area contributed by atoms with Gasteiger partial charge in [0.1, 0.15) is 0 Å². The Bertz CT molecular complexity index is 804. The summed E-state index contributed by atoms with van der Waals surface area (Å²) in [5.74, 6) is 0.0476. The number of alkyl halides is 3. The molecule has 2 aromatic rings. The van der Waals surface area contributed by atoms with Crippen molar-refractivity contribution in [2.24, 2.45) is 5.92 Å². The van der Waals surface area contributed by atoms with Gasteiger partial charge >= 0.3 is 6.18 Å². The van der Waals surface area contributed by atoms with Gasteiger partial charge in [-0.25, -0.2) is 0 Å². The van der Waals surface area contributed by atoms with Gasteiger partial charge in [-0.1, -0.05) is 6.07 Å². The molecule has 28 heavy (non-hydrogen) atoms. The van der Waals surface area contributed by atoms with Gasteiger partial charge in [0.05, 0.1) is 10.4 Å². The number of likely N-dealkylation sites (tertiary alicyclic amines) is 1. The fourth-order valence-corrected chi connectivity index (χ4v) is 4.03. The number of nitrogens with zero attached hydrogens (tertiary/aromatic N) is 1. The topological polar surface area (TPSA) is 49.4 Å². The highest BCUT2D eigenvalue weighted by atomic mass is 32.1. The molecule has 8 heteroatoms. The largest absolute Gasteiger partial charge is 0.416 e. The fraction of sp³-hybridized carbons (Fsp3) is 0.400. The number of carbonyl (C=O) groups excluding carboxylic acids is 2. The molecule has 1 atom stereocenters. The molecule has 2 amide bonds. The average Bonchev–Trinajstić information content (AvgIpc) is 3.20. The third kappa shape index (κ3) is 5.34. The van der Waals surface area contributed by atoms with Crippen molar-refractivity contribution in [1.29, 1.82) is 0 Å². The summed E-state index contributed by atoms with van der Waals surface area (Å²) < 4.78 is 37.7. The number of carbonyl (C=O) groups is 2. The van der Waals surface area contributed by atoms with Crippen molar-refractivity contribution >= 4 is 28.8 Å². The van der Waals surface area contributed by atoms with E-state index in [0.29, 0.717) is 18.7 Å². The molecule has 1 aliphatic rings. The van der Waals surface area contributed by atoms with Gasteiger partial charge in [0, 0.05) is 25.2 Å². The lowest BCUT2D eigenvalue weighted by Crippen LogP contribution is -2.39. The maximum absolute atomic E-state index is 12.6. The second-order valence-electron chi connectivity index (χ2n) is 6.90. The summed E-state index contributed by atoms with van der Waals surface area (Å²) in [5.41, 5.74) is -0.403. The molecule has 2 heterocycles. The van der Waals surface area contributed by atoms with E-state index in [4.69, 9.17) is 0 Å². The number of halogens is 3. The van der Waals surface area contributed by atoms with Crippen LogP contribution in [0.5, 0.6) is 0 Å². The first-order chi connectivity index (χ1) is 13.3. The number of benzene rings is 1. The number of hydrogen-bond donors (Lipinski definition) is 1. The van der Waals surface area contributed by atoms with E-state index in [0.717, 1.165) is 36.4 Å². The SMILES string of the molecule is O=C(CCC1CCCN(C(=O)c2cccs2)C1)Nc1ccc(C(F)(F)F)cc1. The zero-order chi connectivity index (χ0) is 20.1. The summed E-state index contributed by atoms with van der Waals surface area (Å²) in [7, 11) is 0. The van der Waals surface area contributed by atoms with E-state index in [1.165, 1.54) is 23.5 Å². The smallest absolute Gasteiger partial charge is 0.338 e. The van der Waals surface area contributed by atoms with Gasteiger partial charge in [-0.3, -0.25) is 9.59 Å². The maximum Gasteiger partial charge on any atom is 0.416 e. The fourth-order valence-electron chi connectivity index (χ4n) is 3.34. The number of rotatable bonds is 5. The molecule has 1 fully saturated rings. The number of piperidine rings is 1. The molecular formula is C20H21F3N2O2S. The third-order valence-corrected chi connectivity index (χ3v) is 5.67. The number of nitrogens with one attached hydrogen (secondary N) is 1. The average molecular weight is 410 g/mol. The highest BCUT2D eigenvalue weighted by molar-refractivity contribution is 7.12. The molecule has 1 aliphatic heterocycles. The van der Waals surface area contributed by atoms with Crippen LogP contribution in [0.15, 0.2) is 41.8 Å². The second-order valence-corrected chi connectivity index (χ2v) is 7.85. The molecule has 1 unspecified atom stereocenters. The van der Waals surface area contributed by atoms with Crippen molar-refractivity contribution in [3.05, 3.63) is 52.2 Å². The van der Waals surface area contributed by atoms with Crippen molar-refractivity contribution in [3.8, 4) is 0 Å². The van der Waals surface area contributed by atoms with Crippen LogP contribution in [0.1, 0.15) is 40.9 Å². The summed E-state index contributed by atoms with van der Waals surface area (Å²) in [4.78, 5) is 27.2. The monoisotopic (exact) mass is 410 g/mol. The minimum atomic E-state index is -4.39. The van der Waals surface area contributed by atoms with E-state index in [2.05, 4.69) is 5.32 Å². The van der Waals surface area contributed by atoms with E-state index in [1.807, 2.05) is 22.4 Å². The molecule has 0 bridgehead atoms. The van der Waals surface area contributed by atoms with Crippen molar-refractivity contribution in [1.82, 2.24) is 4.90 Å².